The lowest BCUT2D eigenvalue weighted by Crippen LogP contribution is -2.64. The van der Waals surface area contributed by atoms with Gasteiger partial charge in [0.05, 0.1) is 6.61 Å². The molecule has 0 saturated heterocycles. The number of aliphatic hydroxyl groups is 5. The molecule has 0 radical (unpaired) electrons. The van der Waals surface area contributed by atoms with Gasteiger partial charge in [0.25, 0.3) is 7.82 Å². The second-order valence-electron chi connectivity index (χ2n) is 15.9. The van der Waals surface area contributed by atoms with E-state index in [9.17, 15) is 44.6 Å². The van der Waals surface area contributed by atoms with Crippen molar-refractivity contribution < 1.29 is 63.1 Å². The number of aliphatic hydroxyl groups excluding tert-OH is 5. The fraction of sp³-hybridized carbons (Fsp3) is 0.745. The number of phosphoric ester groups is 1. The van der Waals surface area contributed by atoms with Crippen molar-refractivity contribution in [1.29, 1.82) is 0 Å². The van der Waals surface area contributed by atoms with Gasteiger partial charge in [0, 0.05) is 12.8 Å². The summed E-state index contributed by atoms with van der Waals surface area (Å²) in [5.74, 6) is -1.21. The summed E-state index contributed by atoms with van der Waals surface area (Å²) >= 11 is 0. The van der Waals surface area contributed by atoms with Crippen LogP contribution in [0, 0.1) is 0 Å². The lowest BCUT2D eigenvalue weighted by Gasteiger charge is -2.43. The summed E-state index contributed by atoms with van der Waals surface area (Å²) in [7, 11) is -5.39. The number of rotatable bonds is 37. The van der Waals surface area contributed by atoms with Gasteiger partial charge in [-0.3, -0.25) is 14.2 Å². The molecule has 6 atom stereocenters. The van der Waals surface area contributed by atoms with Crippen LogP contribution in [0.1, 0.15) is 168 Å². The normalized spacial score (nSPS) is 22.6. The van der Waals surface area contributed by atoms with Crippen molar-refractivity contribution in [2.24, 2.45) is 0 Å². The molecule has 0 aliphatic heterocycles. The molecule has 1 aliphatic carbocycles. The molecule has 1 rings (SSSR count). The third kappa shape index (κ3) is 29.5. The summed E-state index contributed by atoms with van der Waals surface area (Å²) in [4.78, 5) is 38.0. The Morgan fingerprint density at radius 1 is 0.525 bits per heavy atom. The van der Waals surface area contributed by atoms with Crippen LogP contribution in [-0.4, -0.2) is 93.4 Å². The van der Waals surface area contributed by atoms with Gasteiger partial charge in [-0.25, -0.2) is 0 Å². The molecule has 1 saturated carbocycles. The molecule has 0 aromatic rings. The Kier molecular flexibility index (Phi) is 34.3. The molecular weight excluding hydrogens is 803 g/mol. The highest BCUT2D eigenvalue weighted by Gasteiger charge is 2.50. The van der Waals surface area contributed by atoms with Gasteiger partial charge in [0.2, 0.25) is 0 Å². The predicted octanol–water partition coefficient (Wildman–Crippen LogP) is 8.31. The topological polar surface area (TPSA) is 212 Å². The molecule has 1 aliphatic rings. The maximum atomic E-state index is 12.7. The van der Waals surface area contributed by atoms with E-state index in [1.54, 1.807) is 0 Å². The number of phosphoric acid groups is 1. The number of carbonyl (C=O) groups is 2. The van der Waals surface area contributed by atoms with Gasteiger partial charge in [0.15, 0.2) is 6.10 Å². The highest BCUT2D eigenvalue weighted by Crippen LogP contribution is 2.43. The van der Waals surface area contributed by atoms with Crippen LogP contribution in [0.25, 0.3) is 0 Å². The van der Waals surface area contributed by atoms with Gasteiger partial charge in [-0.05, 0) is 77.0 Å². The Hall–Kier alpha value is -2.45. The highest BCUT2D eigenvalue weighted by atomic mass is 31.2. The summed E-state index contributed by atoms with van der Waals surface area (Å²) in [6.45, 7) is 3.11. The Morgan fingerprint density at radius 2 is 0.918 bits per heavy atom. The number of esters is 2. The summed E-state index contributed by atoms with van der Waals surface area (Å²) in [6.07, 6.45) is 30.9. The fourth-order valence-electron chi connectivity index (χ4n) is 6.56. The summed E-state index contributed by atoms with van der Waals surface area (Å²) < 4.78 is 33.1. The van der Waals surface area contributed by atoms with Crippen LogP contribution < -0.4 is 4.89 Å². The maximum Gasteiger partial charge on any atom is 0.306 e. The average Bonchev–Trinajstić information content (AvgIpc) is 3.24. The molecule has 0 bridgehead atoms. The lowest BCUT2D eigenvalue weighted by molar-refractivity contribution is -0.261. The summed E-state index contributed by atoms with van der Waals surface area (Å²) in [5.41, 5.74) is 0. The molecule has 5 N–H and O–H groups in total. The molecule has 1 fully saturated rings. The van der Waals surface area contributed by atoms with Crippen molar-refractivity contribution in [3.05, 3.63) is 60.8 Å². The number of hydrogen-bond donors (Lipinski definition) is 5. The third-order valence-corrected chi connectivity index (χ3v) is 11.3. The van der Waals surface area contributed by atoms with E-state index in [1.807, 2.05) is 12.2 Å². The van der Waals surface area contributed by atoms with E-state index in [1.165, 1.54) is 57.8 Å². The second-order valence-corrected chi connectivity index (χ2v) is 17.2. The number of unbranched alkanes of at least 4 members (excludes halogenated alkanes) is 15. The molecule has 61 heavy (non-hydrogen) atoms. The lowest BCUT2D eigenvalue weighted by atomic mass is 9.85. The molecule has 352 valence electrons. The minimum atomic E-state index is -5.39. The Morgan fingerprint density at radius 3 is 1.46 bits per heavy atom. The SMILES string of the molecule is CCCCCC=CCC=CCC=CCC=CCCCC(=O)OC(COC(=O)CCCCCCCC=CCCCCCCCC)COP(=O)([O-])OC1C(O)C(O)C(O)C(O)C1O. The van der Waals surface area contributed by atoms with Gasteiger partial charge in [-0.15, -0.1) is 0 Å². The number of hydrogen-bond acceptors (Lipinski definition) is 13. The minimum Gasteiger partial charge on any atom is -0.756 e. The monoisotopic (exact) mass is 884 g/mol. The molecule has 6 unspecified atom stereocenters. The third-order valence-electron chi connectivity index (χ3n) is 10.3. The zero-order chi connectivity index (χ0) is 45.0. The van der Waals surface area contributed by atoms with Gasteiger partial charge < -0.3 is 48.9 Å². The standard InChI is InChI=1S/C47H81O13P/c1-3-5-7-9-11-13-15-17-19-20-22-24-26-28-30-32-34-36-41(49)59-39(38-58-61(55,56)60-47-45(53)43(51)42(50)44(52)46(47)54)37-57-40(48)35-33-31-29-27-25-23-21-18-16-14-12-10-8-6-4-2/h11,13,17-19,21-22,24,28,30,39,42-47,50-54H,3-10,12,14-16,20,23,25-27,29,31-38H2,1-2H3,(H,55,56)/p-1. The van der Waals surface area contributed by atoms with Gasteiger partial charge in [-0.1, -0.05) is 139 Å². The van der Waals surface area contributed by atoms with Crippen molar-refractivity contribution >= 4 is 19.8 Å². The van der Waals surface area contributed by atoms with E-state index in [4.69, 9.17) is 18.5 Å². The Bertz CT molecular complexity index is 1300. The molecule has 0 spiro atoms. The number of ether oxygens (including phenoxy) is 2. The Balaban J connectivity index is 2.52. The molecule has 13 nitrogen and oxygen atoms in total. The first-order valence-corrected chi connectivity index (χ1v) is 24.5. The van der Waals surface area contributed by atoms with Crippen LogP contribution in [-0.2, 0) is 32.7 Å². The molecule has 0 aromatic heterocycles. The number of allylic oxidation sites excluding steroid dienone is 10. The first-order valence-electron chi connectivity index (χ1n) is 23.1. The van der Waals surface area contributed by atoms with Crippen molar-refractivity contribution in [3.63, 3.8) is 0 Å². The zero-order valence-electron chi connectivity index (χ0n) is 37.1. The van der Waals surface area contributed by atoms with E-state index in [2.05, 4.69) is 62.5 Å². The first kappa shape index (κ1) is 56.6. The molecule has 0 heterocycles. The van der Waals surface area contributed by atoms with Gasteiger partial charge in [-0.2, -0.15) is 0 Å². The zero-order valence-corrected chi connectivity index (χ0v) is 38.0. The van der Waals surface area contributed by atoms with E-state index < -0.39 is 75.7 Å². The van der Waals surface area contributed by atoms with Crippen LogP contribution in [0.5, 0.6) is 0 Å². The van der Waals surface area contributed by atoms with E-state index in [-0.39, 0.29) is 12.8 Å². The minimum absolute atomic E-state index is 0.00147. The van der Waals surface area contributed by atoms with Gasteiger partial charge in [0.1, 0.15) is 43.2 Å². The van der Waals surface area contributed by atoms with Crippen LogP contribution in [0.15, 0.2) is 60.8 Å². The smallest absolute Gasteiger partial charge is 0.306 e. The van der Waals surface area contributed by atoms with Crippen molar-refractivity contribution in [2.45, 2.75) is 211 Å². The molecule has 0 amide bonds. The van der Waals surface area contributed by atoms with Crippen molar-refractivity contribution in [1.82, 2.24) is 0 Å². The van der Waals surface area contributed by atoms with E-state index >= 15 is 0 Å². The number of carbonyl (C=O) groups excluding carboxylic acids is 2. The van der Waals surface area contributed by atoms with E-state index in [0.29, 0.717) is 19.3 Å². The van der Waals surface area contributed by atoms with Crippen molar-refractivity contribution in [3.8, 4) is 0 Å². The first-order chi connectivity index (χ1) is 29.4. The highest BCUT2D eigenvalue weighted by molar-refractivity contribution is 7.45. The molecule has 14 heteroatoms. The quantitative estimate of drug-likeness (QED) is 0.0172. The van der Waals surface area contributed by atoms with Gasteiger partial charge >= 0.3 is 11.9 Å². The Labute approximate surface area is 366 Å². The average molecular weight is 884 g/mol. The van der Waals surface area contributed by atoms with Crippen LogP contribution in [0.3, 0.4) is 0 Å². The largest absolute Gasteiger partial charge is 0.756 e. The molecule has 0 aromatic carbocycles. The summed E-state index contributed by atoms with van der Waals surface area (Å²) in [6, 6.07) is 0. The molecular formula is C47H80O13P-. The summed E-state index contributed by atoms with van der Waals surface area (Å²) in [5, 5.41) is 50.0. The predicted molar refractivity (Wildman–Crippen MR) is 237 cm³/mol. The maximum absolute atomic E-state index is 12.7. The fourth-order valence-corrected chi connectivity index (χ4v) is 7.52. The second kappa shape index (κ2) is 37.0. The van der Waals surface area contributed by atoms with Crippen LogP contribution in [0.2, 0.25) is 0 Å². The van der Waals surface area contributed by atoms with Crippen molar-refractivity contribution in [2.75, 3.05) is 13.2 Å². The van der Waals surface area contributed by atoms with Crippen LogP contribution >= 0.6 is 7.82 Å². The van der Waals surface area contributed by atoms with E-state index in [0.717, 1.165) is 64.2 Å². The van der Waals surface area contributed by atoms with Crippen LogP contribution in [0.4, 0.5) is 0 Å².